The molecule has 22 heavy (non-hydrogen) atoms. The Kier molecular flexibility index (Phi) is 3.56. The molecule has 1 heterocycles. The monoisotopic (exact) mass is 304 g/mol. The molecule has 2 saturated carbocycles. The quantitative estimate of drug-likeness (QED) is 0.802. The van der Waals surface area contributed by atoms with Crippen molar-refractivity contribution in [3.63, 3.8) is 0 Å². The number of ketones is 1. The zero-order valence-corrected chi connectivity index (χ0v) is 14.2. The zero-order chi connectivity index (χ0) is 16.2. The largest absolute Gasteiger partial charge is 0.500 e. The number of carbonyl (C=O) groups is 1. The van der Waals surface area contributed by atoms with Crippen LogP contribution in [0.15, 0.2) is 23.5 Å². The van der Waals surface area contributed by atoms with Crippen LogP contribution in [0.25, 0.3) is 0 Å². The predicted octanol–water partition coefficient (Wildman–Crippen LogP) is 3.77. The molecule has 3 aliphatic rings. The Labute approximate surface area is 133 Å². The summed E-state index contributed by atoms with van der Waals surface area (Å²) in [7, 11) is 0. The van der Waals surface area contributed by atoms with E-state index in [2.05, 4.69) is 20.8 Å². The van der Waals surface area contributed by atoms with Gasteiger partial charge in [-0.2, -0.15) is 0 Å². The molecule has 3 atom stereocenters. The summed E-state index contributed by atoms with van der Waals surface area (Å²) in [5, 5.41) is 11.6. The van der Waals surface area contributed by atoms with Gasteiger partial charge in [0.25, 0.3) is 0 Å². The molecule has 1 aliphatic heterocycles. The van der Waals surface area contributed by atoms with E-state index < -0.39 is 11.0 Å². The van der Waals surface area contributed by atoms with Gasteiger partial charge < -0.3 is 9.84 Å². The SMILES string of the molecule is CC=C1C2=COCC2CC(=O)C1(O)C1(C)CCCC(C)(C)C1. The lowest BCUT2D eigenvalue weighted by atomic mass is 9.52. The van der Waals surface area contributed by atoms with Crippen molar-refractivity contribution in [3.8, 4) is 0 Å². The molecule has 3 rings (SSSR count). The maximum Gasteiger partial charge on any atom is 0.170 e. The van der Waals surface area contributed by atoms with Crippen LogP contribution in [0.4, 0.5) is 0 Å². The van der Waals surface area contributed by atoms with Gasteiger partial charge in [-0.15, -0.1) is 0 Å². The molecule has 0 spiro atoms. The van der Waals surface area contributed by atoms with E-state index >= 15 is 0 Å². The average Bonchev–Trinajstić information content (AvgIpc) is 2.86. The fourth-order valence-electron chi connectivity index (χ4n) is 5.16. The lowest BCUT2D eigenvalue weighted by Crippen LogP contribution is -2.59. The van der Waals surface area contributed by atoms with E-state index in [0.717, 1.165) is 36.8 Å². The van der Waals surface area contributed by atoms with E-state index in [4.69, 9.17) is 4.74 Å². The van der Waals surface area contributed by atoms with E-state index in [0.29, 0.717) is 13.0 Å². The smallest absolute Gasteiger partial charge is 0.170 e. The van der Waals surface area contributed by atoms with Crippen LogP contribution in [-0.2, 0) is 9.53 Å². The maximum atomic E-state index is 13.0. The lowest BCUT2D eigenvalue weighted by molar-refractivity contribution is -0.155. The third-order valence-corrected chi connectivity index (χ3v) is 6.10. The lowest BCUT2D eigenvalue weighted by Gasteiger charge is -2.54. The molecule has 1 N–H and O–H groups in total. The second-order valence-electron chi connectivity index (χ2n) is 8.40. The Morgan fingerprint density at radius 1 is 1.32 bits per heavy atom. The Balaban J connectivity index is 2.07. The first-order valence-electron chi connectivity index (χ1n) is 8.48. The number of Topliss-reactive ketones (excluding diaryl/α,β-unsaturated/α-hetero) is 1. The van der Waals surface area contributed by atoms with Gasteiger partial charge in [-0.05, 0) is 42.7 Å². The molecule has 0 aromatic rings. The van der Waals surface area contributed by atoms with Crippen molar-refractivity contribution in [2.45, 2.75) is 65.4 Å². The number of hydrogen-bond acceptors (Lipinski definition) is 3. The summed E-state index contributed by atoms with van der Waals surface area (Å²) in [4.78, 5) is 13.0. The molecular formula is C19H28O3. The van der Waals surface area contributed by atoms with Crippen molar-refractivity contribution in [2.75, 3.05) is 6.61 Å². The molecular weight excluding hydrogens is 276 g/mol. The van der Waals surface area contributed by atoms with Gasteiger partial charge in [0.1, 0.15) is 0 Å². The van der Waals surface area contributed by atoms with E-state index in [1.807, 2.05) is 13.0 Å². The topological polar surface area (TPSA) is 46.5 Å². The minimum atomic E-state index is -1.37. The summed E-state index contributed by atoms with van der Waals surface area (Å²) in [5.41, 5.74) is 0.234. The fraction of sp³-hybridized carbons (Fsp3) is 0.737. The first-order valence-corrected chi connectivity index (χ1v) is 8.48. The van der Waals surface area contributed by atoms with E-state index in [9.17, 15) is 9.90 Å². The normalized spacial score (nSPS) is 42.8. The average molecular weight is 304 g/mol. The molecule has 0 radical (unpaired) electrons. The van der Waals surface area contributed by atoms with Crippen LogP contribution in [0.3, 0.4) is 0 Å². The van der Waals surface area contributed by atoms with Gasteiger partial charge in [0, 0.05) is 17.8 Å². The van der Waals surface area contributed by atoms with Crippen molar-refractivity contribution >= 4 is 5.78 Å². The number of aliphatic hydroxyl groups is 1. The van der Waals surface area contributed by atoms with Gasteiger partial charge in [0.15, 0.2) is 11.4 Å². The Morgan fingerprint density at radius 2 is 2.05 bits per heavy atom. The van der Waals surface area contributed by atoms with Crippen molar-refractivity contribution in [1.29, 1.82) is 0 Å². The molecule has 0 aromatic carbocycles. The highest BCUT2D eigenvalue weighted by molar-refractivity contribution is 5.95. The van der Waals surface area contributed by atoms with Gasteiger partial charge >= 0.3 is 0 Å². The molecule has 2 fully saturated rings. The molecule has 0 saturated heterocycles. The fourth-order valence-corrected chi connectivity index (χ4v) is 5.16. The number of hydrogen-bond donors (Lipinski definition) is 1. The highest BCUT2D eigenvalue weighted by Crippen LogP contribution is 2.57. The molecule has 122 valence electrons. The van der Waals surface area contributed by atoms with Crippen molar-refractivity contribution in [2.24, 2.45) is 16.7 Å². The van der Waals surface area contributed by atoms with Gasteiger partial charge in [0.05, 0.1) is 12.9 Å². The standard InChI is InChI=1S/C19H28O3/c1-5-15-14-11-22-10-13(14)9-16(20)19(15,21)18(4)8-6-7-17(2,3)12-18/h5,11,13,21H,6-10,12H2,1-4H3. The first kappa shape index (κ1) is 15.8. The molecule has 0 aromatic heterocycles. The molecule has 3 heteroatoms. The molecule has 2 aliphatic carbocycles. The van der Waals surface area contributed by atoms with E-state index in [1.54, 1.807) is 6.26 Å². The van der Waals surface area contributed by atoms with Gasteiger partial charge in [-0.25, -0.2) is 0 Å². The molecule has 3 unspecified atom stereocenters. The number of rotatable bonds is 1. The van der Waals surface area contributed by atoms with Crippen LogP contribution < -0.4 is 0 Å². The maximum absolute atomic E-state index is 13.0. The Hall–Kier alpha value is -1.09. The van der Waals surface area contributed by atoms with Crippen LogP contribution in [0.1, 0.15) is 59.8 Å². The van der Waals surface area contributed by atoms with Crippen molar-refractivity contribution < 1.29 is 14.6 Å². The first-order chi connectivity index (χ1) is 10.2. The number of fused-ring (bicyclic) bond motifs is 1. The summed E-state index contributed by atoms with van der Waals surface area (Å²) < 4.78 is 5.46. The summed E-state index contributed by atoms with van der Waals surface area (Å²) in [6.45, 7) is 9.09. The van der Waals surface area contributed by atoms with Crippen LogP contribution >= 0.6 is 0 Å². The van der Waals surface area contributed by atoms with Gasteiger partial charge in [-0.3, -0.25) is 4.79 Å². The number of carbonyl (C=O) groups excluding carboxylic acids is 1. The zero-order valence-electron chi connectivity index (χ0n) is 14.2. The Morgan fingerprint density at radius 3 is 2.68 bits per heavy atom. The van der Waals surface area contributed by atoms with Crippen molar-refractivity contribution in [3.05, 3.63) is 23.5 Å². The third kappa shape index (κ3) is 2.09. The second-order valence-corrected chi connectivity index (χ2v) is 8.40. The minimum absolute atomic E-state index is 0.0200. The number of ether oxygens (including phenoxy) is 1. The highest BCUT2D eigenvalue weighted by atomic mass is 16.5. The van der Waals surface area contributed by atoms with Gasteiger partial charge in [0.2, 0.25) is 0 Å². The molecule has 0 bridgehead atoms. The van der Waals surface area contributed by atoms with Crippen LogP contribution in [0, 0.1) is 16.7 Å². The summed E-state index contributed by atoms with van der Waals surface area (Å²) >= 11 is 0. The second kappa shape index (κ2) is 4.95. The van der Waals surface area contributed by atoms with Crippen LogP contribution in [0.2, 0.25) is 0 Å². The Bertz CT molecular complexity index is 557. The van der Waals surface area contributed by atoms with Crippen LogP contribution in [0.5, 0.6) is 0 Å². The molecule has 0 amide bonds. The van der Waals surface area contributed by atoms with Gasteiger partial charge in [-0.1, -0.05) is 33.3 Å². The van der Waals surface area contributed by atoms with E-state index in [-0.39, 0.29) is 17.1 Å². The number of allylic oxidation sites excluding steroid dienone is 1. The highest BCUT2D eigenvalue weighted by Gasteiger charge is 2.60. The summed E-state index contributed by atoms with van der Waals surface area (Å²) in [5.74, 6) is 0.104. The third-order valence-electron chi connectivity index (χ3n) is 6.10. The van der Waals surface area contributed by atoms with Crippen LogP contribution in [-0.4, -0.2) is 23.1 Å². The molecule has 3 nitrogen and oxygen atoms in total. The van der Waals surface area contributed by atoms with Crippen molar-refractivity contribution in [1.82, 2.24) is 0 Å². The summed E-state index contributed by atoms with van der Waals surface area (Å²) in [6, 6.07) is 0. The summed E-state index contributed by atoms with van der Waals surface area (Å²) in [6.07, 6.45) is 8.08. The minimum Gasteiger partial charge on any atom is -0.500 e. The predicted molar refractivity (Wildman–Crippen MR) is 86.2 cm³/mol. The van der Waals surface area contributed by atoms with E-state index in [1.165, 1.54) is 0 Å².